The maximum absolute atomic E-state index is 12.5. The predicted octanol–water partition coefficient (Wildman–Crippen LogP) is 1.74. The van der Waals surface area contributed by atoms with Gasteiger partial charge in [0.15, 0.2) is 0 Å². The van der Waals surface area contributed by atoms with Gasteiger partial charge < -0.3 is 5.32 Å². The quantitative estimate of drug-likeness (QED) is 0.637. The molecule has 0 bridgehead atoms. The summed E-state index contributed by atoms with van der Waals surface area (Å²) in [5.74, 6) is 0. The normalized spacial score (nSPS) is 21.9. The van der Waals surface area contributed by atoms with Crippen molar-refractivity contribution in [2.45, 2.75) is 43.7 Å². The molecule has 2 unspecified atom stereocenters. The molecule has 0 saturated carbocycles. The van der Waals surface area contributed by atoms with E-state index in [1.165, 1.54) is 12.1 Å². The van der Waals surface area contributed by atoms with Gasteiger partial charge in [-0.3, -0.25) is 10.1 Å². The molecule has 9 heteroatoms. The molecule has 1 saturated heterocycles. The minimum Gasteiger partial charge on any atom is -0.313 e. The fourth-order valence-electron chi connectivity index (χ4n) is 2.46. The van der Waals surface area contributed by atoms with Gasteiger partial charge in [-0.1, -0.05) is 6.07 Å². The number of halogens is 1. The van der Waals surface area contributed by atoms with Crippen LogP contribution in [-0.4, -0.2) is 32.0 Å². The zero-order valence-electron chi connectivity index (χ0n) is 12.4. The van der Waals surface area contributed by atoms with Crippen LogP contribution in [0, 0.1) is 17.0 Å². The van der Waals surface area contributed by atoms with E-state index in [1.807, 2.05) is 6.92 Å². The van der Waals surface area contributed by atoms with Crippen LogP contribution >= 0.6 is 12.4 Å². The number of sulfonamides is 1. The fourth-order valence-corrected chi connectivity index (χ4v) is 4.07. The number of non-ortho nitro benzene ring substituents is 1. The fraction of sp³-hybridized carbons (Fsp3) is 0.538. The summed E-state index contributed by atoms with van der Waals surface area (Å²) in [5, 5.41) is 14.0. The second kappa shape index (κ2) is 7.36. The molecule has 0 spiro atoms. The number of hydrogen-bond donors (Lipinski definition) is 2. The molecular weight excluding hydrogens is 330 g/mol. The number of benzene rings is 1. The first-order valence-corrected chi connectivity index (χ1v) is 8.30. The summed E-state index contributed by atoms with van der Waals surface area (Å²) in [7, 11) is -3.77. The first-order chi connectivity index (χ1) is 9.81. The standard InChI is InChI=1S/C13H19N3O4S.ClH/c1-9-5-6-11(16(17)18)8-13(9)21(19,20)15-12-4-3-7-14-10(12)2;/h5-6,8,10,12,14-15H,3-4,7H2,1-2H3;1H. The number of nitrogens with zero attached hydrogens (tertiary/aromatic N) is 1. The van der Waals surface area contributed by atoms with E-state index in [4.69, 9.17) is 0 Å². The van der Waals surface area contributed by atoms with E-state index in [2.05, 4.69) is 10.0 Å². The molecule has 1 aromatic carbocycles. The van der Waals surface area contributed by atoms with Gasteiger partial charge in [0, 0.05) is 24.2 Å². The van der Waals surface area contributed by atoms with Crippen LogP contribution in [0.1, 0.15) is 25.3 Å². The lowest BCUT2D eigenvalue weighted by molar-refractivity contribution is -0.385. The minimum atomic E-state index is -3.77. The zero-order chi connectivity index (χ0) is 15.6. The molecule has 2 atom stereocenters. The lowest BCUT2D eigenvalue weighted by Crippen LogP contribution is -2.51. The SMILES string of the molecule is Cc1ccc([N+](=O)[O-])cc1S(=O)(=O)NC1CCCNC1C.Cl. The zero-order valence-corrected chi connectivity index (χ0v) is 14.0. The second-order valence-electron chi connectivity index (χ2n) is 5.32. The molecule has 2 rings (SSSR count). The average molecular weight is 350 g/mol. The summed E-state index contributed by atoms with van der Waals surface area (Å²) in [6, 6.07) is 3.70. The van der Waals surface area contributed by atoms with E-state index in [-0.39, 0.29) is 35.1 Å². The number of piperidine rings is 1. The Labute approximate surface area is 136 Å². The van der Waals surface area contributed by atoms with Crippen LogP contribution in [0.3, 0.4) is 0 Å². The van der Waals surface area contributed by atoms with Crippen molar-refractivity contribution in [1.29, 1.82) is 0 Å². The summed E-state index contributed by atoms with van der Waals surface area (Å²) < 4.78 is 27.6. The van der Waals surface area contributed by atoms with Gasteiger partial charge in [0.05, 0.1) is 9.82 Å². The van der Waals surface area contributed by atoms with E-state index in [1.54, 1.807) is 6.92 Å². The molecular formula is C13H20ClN3O4S. The van der Waals surface area contributed by atoms with Crippen LogP contribution in [0.25, 0.3) is 0 Å². The van der Waals surface area contributed by atoms with Gasteiger partial charge in [-0.2, -0.15) is 0 Å². The third-order valence-corrected chi connectivity index (χ3v) is 5.37. The van der Waals surface area contributed by atoms with Crippen molar-refractivity contribution in [3.8, 4) is 0 Å². The number of hydrogen-bond acceptors (Lipinski definition) is 5. The van der Waals surface area contributed by atoms with Crippen LogP contribution in [0.4, 0.5) is 5.69 Å². The third kappa shape index (κ3) is 4.16. The van der Waals surface area contributed by atoms with Gasteiger partial charge in [-0.15, -0.1) is 12.4 Å². The van der Waals surface area contributed by atoms with Gasteiger partial charge in [-0.25, -0.2) is 13.1 Å². The Bertz CT molecular complexity index is 651. The largest absolute Gasteiger partial charge is 0.313 e. The number of aryl methyl sites for hydroxylation is 1. The summed E-state index contributed by atoms with van der Waals surface area (Å²) in [4.78, 5) is 10.2. The Morgan fingerprint density at radius 1 is 1.41 bits per heavy atom. The monoisotopic (exact) mass is 349 g/mol. The van der Waals surface area contributed by atoms with E-state index >= 15 is 0 Å². The van der Waals surface area contributed by atoms with Crippen molar-refractivity contribution in [1.82, 2.24) is 10.0 Å². The van der Waals surface area contributed by atoms with E-state index in [0.717, 1.165) is 25.5 Å². The second-order valence-corrected chi connectivity index (χ2v) is 7.00. The van der Waals surface area contributed by atoms with Crippen LogP contribution in [0.15, 0.2) is 23.1 Å². The van der Waals surface area contributed by atoms with Crippen molar-refractivity contribution < 1.29 is 13.3 Å². The highest BCUT2D eigenvalue weighted by molar-refractivity contribution is 7.89. The molecule has 0 aromatic heterocycles. The average Bonchev–Trinajstić information content (AvgIpc) is 2.41. The maximum atomic E-state index is 12.5. The number of nitrogens with one attached hydrogen (secondary N) is 2. The molecule has 2 N–H and O–H groups in total. The topological polar surface area (TPSA) is 101 Å². The molecule has 0 radical (unpaired) electrons. The summed E-state index contributed by atoms with van der Waals surface area (Å²) in [6.07, 6.45) is 1.65. The smallest absolute Gasteiger partial charge is 0.270 e. The number of nitro groups is 1. The molecule has 0 amide bonds. The molecule has 1 aliphatic rings. The van der Waals surface area contributed by atoms with Gasteiger partial charge >= 0.3 is 0 Å². The molecule has 1 heterocycles. The Hall–Kier alpha value is -1.22. The van der Waals surface area contributed by atoms with Crippen molar-refractivity contribution in [2.75, 3.05) is 6.54 Å². The molecule has 1 aromatic rings. The van der Waals surface area contributed by atoms with Crippen LogP contribution < -0.4 is 10.0 Å². The van der Waals surface area contributed by atoms with Crippen LogP contribution in [0.5, 0.6) is 0 Å². The first-order valence-electron chi connectivity index (χ1n) is 6.82. The predicted molar refractivity (Wildman–Crippen MR) is 85.9 cm³/mol. The van der Waals surface area contributed by atoms with Crippen molar-refractivity contribution >= 4 is 28.1 Å². The van der Waals surface area contributed by atoms with E-state index in [0.29, 0.717) is 5.56 Å². The Kier molecular flexibility index (Phi) is 6.30. The molecule has 7 nitrogen and oxygen atoms in total. The molecule has 1 fully saturated rings. The minimum absolute atomic E-state index is 0. The highest BCUT2D eigenvalue weighted by atomic mass is 35.5. The lowest BCUT2D eigenvalue weighted by Gasteiger charge is -2.30. The molecule has 0 aliphatic carbocycles. The lowest BCUT2D eigenvalue weighted by atomic mass is 10.0. The molecule has 22 heavy (non-hydrogen) atoms. The Morgan fingerprint density at radius 3 is 2.68 bits per heavy atom. The van der Waals surface area contributed by atoms with Gasteiger partial charge in [0.1, 0.15) is 0 Å². The van der Waals surface area contributed by atoms with Gasteiger partial charge in [-0.05, 0) is 38.8 Å². The number of rotatable bonds is 4. The van der Waals surface area contributed by atoms with Gasteiger partial charge in [0.25, 0.3) is 5.69 Å². The highest BCUT2D eigenvalue weighted by Gasteiger charge is 2.28. The Morgan fingerprint density at radius 2 is 2.09 bits per heavy atom. The van der Waals surface area contributed by atoms with Crippen LogP contribution in [0.2, 0.25) is 0 Å². The number of nitro benzene ring substituents is 1. The van der Waals surface area contributed by atoms with E-state index < -0.39 is 14.9 Å². The molecule has 124 valence electrons. The third-order valence-electron chi connectivity index (χ3n) is 3.74. The first kappa shape index (κ1) is 18.8. The van der Waals surface area contributed by atoms with Crippen LogP contribution in [-0.2, 0) is 10.0 Å². The van der Waals surface area contributed by atoms with Gasteiger partial charge in [0.2, 0.25) is 10.0 Å². The van der Waals surface area contributed by atoms with Crippen molar-refractivity contribution in [3.05, 3.63) is 33.9 Å². The summed E-state index contributed by atoms with van der Waals surface area (Å²) >= 11 is 0. The van der Waals surface area contributed by atoms with Crippen molar-refractivity contribution in [3.63, 3.8) is 0 Å². The van der Waals surface area contributed by atoms with E-state index in [9.17, 15) is 18.5 Å². The molecule has 1 aliphatic heterocycles. The summed E-state index contributed by atoms with van der Waals surface area (Å²) in [5.41, 5.74) is 0.264. The summed E-state index contributed by atoms with van der Waals surface area (Å²) in [6.45, 7) is 4.42. The van der Waals surface area contributed by atoms with Crippen molar-refractivity contribution in [2.24, 2.45) is 0 Å². The Balaban J connectivity index is 0.00000242. The maximum Gasteiger partial charge on any atom is 0.270 e. The highest BCUT2D eigenvalue weighted by Crippen LogP contribution is 2.22.